The molecule has 128 valence electrons. The van der Waals surface area contributed by atoms with E-state index in [9.17, 15) is 0 Å². The Kier molecular flexibility index (Phi) is 3.82. The van der Waals surface area contributed by atoms with Crippen LogP contribution in [0.2, 0.25) is 0 Å². The van der Waals surface area contributed by atoms with E-state index in [4.69, 9.17) is 4.98 Å². The van der Waals surface area contributed by atoms with Crippen LogP contribution in [0.4, 0.5) is 0 Å². The van der Waals surface area contributed by atoms with Gasteiger partial charge >= 0.3 is 0 Å². The summed E-state index contributed by atoms with van der Waals surface area (Å²) in [6.45, 7) is 0.974. The van der Waals surface area contributed by atoms with Crippen LogP contribution in [0.5, 0.6) is 0 Å². The van der Waals surface area contributed by atoms with Crippen molar-refractivity contribution in [3.8, 4) is 0 Å². The summed E-state index contributed by atoms with van der Waals surface area (Å²) in [6, 6.07) is 20.8. The largest absolute Gasteiger partial charge is 0.341 e. The number of imidazole rings is 1. The number of nitrogens with one attached hydrogen (secondary N) is 1. The van der Waals surface area contributed by atoms with Crippen molar-refractivity contribution in [2.24, 2.45) is 5.92 Å². The SMILES string of the molecule is c1ccc(CC2CC3CCC(C2)N3Cc2nc3ccccc3[nH]2)cc1. The smallest absolute Gasteiger partial charge is 0.121 e. The van der Waals surface area contributed by atoms with E-state index in [2.05, 4.69) is 64.5 Å². The zero-order valence-corrected chi connectivity index (χ0v) is 14.6. The Hall–Kier alpha value is -2.13. The lowest BCUT2D eigenvalue weighted by molar-refractivity contribution is 0.0937. The second-order valence-electron chi connectivity index (χ2n) is 7.79. The fourth-order valence-electron chi connectivity index (χ4n) is 5.01. The Bertz CT molecular complexity index is 807. The number of benzene rings is 2. The van der Waals surface area contributed by atoms with Crippen molar-refractivity contribution in [3.05, 3.63) is 66.0 Å². The van der Waals surface area contributed by atoms with Crippen LogP contribution in [-0.4, -0.2) is 27.0 Å². The Morgan fingerprint density at radius 1 is 0.920 bits per heavy atom. The summed E-state index contributed by atoms with van der Waals surface area (Å²) in [5.41, 5.74) is 3.74. The first-order chi connectivity index (χ1) is 12.3. The molecule has 0 saturated carbocycles. The third-order valence-electron chi connectivity index (χ3n) is 6.12. The van der Waals surface area contributed by atoms with Crippen molar-refractivity contribution in [1.29, 1.82) is 0 Å². The van der Waals surface area contributed by atoms with Gasteiger partial charge in [0.1, 0.15) is 5.82 Å². The third-order valence-corrected chi connectivity index (χ3v) is 6.12. The fourth-order valence-corrected chi connectivity index (χ4v) is 5.01. The van der Waals surface area contributed by atoms with Crippen molar-refractivity contribution in [2.75, 3.05) is 0 Å². The van der Waals surface area contributed by atoms with Crippen LogP contribution in [0, 0.1) is 5.92 Å². The number of rotatable bonds is 4. The minimum atomic E-state index is 0.737. The molecule has 3 heterocycles. The third kappa shape index (κ3) is 2.98. The summed E-state index contributed by atoms with van der Waals surface area (Å²) >= 11 is 0. The van der Waals surface area contributed by atoms with E-state index in [0.717, 1.165) is 41.4 Å². The van der Waals surface area contributed by atoms with E-state index in [1.54, 1.807) is 0 Å². The molecule has 2 saturated heterocycles. The van der Waals surface area contributed by atoms with E-state index in [-0.39, 0.29) is 0 Å². The van der Waals surface area contributed by atoms with E-state index < -0.39 is 0 Å². The van der Waals surface area contributed by atoms with Gasteiger partial charge in [-0.25, -0.2) is 4.98 Å². The van der Waals surface area contributed by atoms with Gasteiger partial charge < -0.3 is 4.98 Å². The molecule has 0 spiro atoms. The van der Waals surface area contributed by atoms with Gasteiger partial charge in [0.2, 0.25) is 0 Å². The first-order valence-corrected chi connectivity index (χ1v) is 9.58. The second-order valence-corrected chi connectivity index (χ2v) is 7.79. The molecule has 0 radical (unpaired) electrons. The lowest BCUT2D eigenvalue weighted by atomic mass is 9.86. The molecule has 3 aromatic rings. The Balaban J connectivity index is 1.29. The molecule has 1 aromatic heterocycles. The molecule has 25 heavy (non-hydrogen) atoms. The van der Waals surface area contributed by atoms with E-state index in [1.165, 1.54) is 37.7 Å². The highest BCUT2D eigenvalue weighted by Crippen LogP contribution is 2.40. The van der Waals surface area contributed by atoms with Crippen molar-refractivity contribution >= 4 is 11.0 Å². The highest BCUT2D eigenvalue weighted by Gasteiger charge is 2.40. The van der Waals surface area contributed by atoms with Gasteiger partial charge in [0.25, 0.3) is 0 Å². The Morgan fingerprint density at radius 3 is 2.40 bits per heavy atom. The van der Waals surface area contributed by atoms with Gasteiger partial charge in [-0.15, -0.1) is 0 Å². The summed E-state index contributed by atoms with van der Waals surface area (Å²) in [4.78, 5) is 11.0. The number of nitrogens with zero attached hydrogens (tertiary/aromatic N) is 2. The predicted octanol–water partition coefficient (Wildman–Crippen LogP) is 4.55. The molecule has 2 fully saturated rings. The highest BCUT2D eigenvalue weighted by molar-refractivity contribution is 5.74. The van der Waals surface area contributed by atoms with Crippen LogP contribution >= 0.6 is 0 Å². The highest BCUT2D eigenvalue weighted by atomic mass is 15.2. The number of para-hydroxylation sites is 2. The molecule has 3 nitrogen and oxygen atoms in total. The van der Waals surface area contributed by atoms with Gasteiger partial charge in [-0.1, -0.05) is 42.5 Å². The Morgan fingerprint density at radius 2 is 1.64 bits per heavy atom. The molecule has 2 aliphatic heterocycles. The molecule has 2 aromatic carbocycles. The van der Waals surface area contributed by atoms with E-state index in [1.807, 2.05) is 0 Å². The molecule has 1 N–H and O–H groups in total. The fraction of sp³-hybridized carbons (Fsp3) is 0.409. The summed E-state index contributed by atoms with van der Waals surface area (Å²) in [5.74, 6) is 1.96. The summed E-state index contributed by atoms with van der Waals surface area (Å²) < 4.78 is 0. The second kappa shape index (κ2) is 6.30. The summed E-state index contributed by atoms with van der Waals surface area (Å²) in [6.07, 6.45) is 6.63. The lowest BCUT2D eigenvalue weighted by Crippen LogP contribution is -2.42. The molecule has 0 aliphatic carbocycles. The number of H-pyrrole nitrogens is 1. The van der Waals surface area contributed by atoms with Gasteiger partial charge in [-0.2, -0.15) is 0 Å². The van der Waals surface area contributed by atoms with Crippen molar-refractivity contribution in [3.63, 3.8) is 0 Å². The average Bonchev–Trinajstić information content (AvgIpc) is 3.14. The monoisotopic (exact) mass is 331 g/mol. The first-order valence-electron chi connectivity index (χ1n) is 9.58. The zero-order valence-electron chi connectivity index (χ0n) is 14.6. The molecule has 2 bridgehead atoms. The molecular weight excluding hydrogens is 306 g/mol. The Labute approximate surface area is 149 Å². The predicted molar refractivity (Wildman–Crippen MR) is 101 cm³/mol. The van der Waals surface area contributed by atoms with Crippen molar-refractivity contribution < 1.29 is 0 Å². The maximum absolute atomic E-state index is 4.79. The number of hydrogen-bond acceptors (Lipinski definition) is 2. The molecule has 5 rings (SSSR count). The minimum Gasteiger partial charge on any atom is -0.341 e. The van der Waals surface area contributed by atoms with Gasteiger partial charge in [-0.3, -0.25) is 4.90 Å². The van der Waals surface area contributed by atoms with Crippen molar-refractivity contribution in [1.82, 2.24) is 14.9 Å². The zero-order chi connectivity index (χ0) is 16.6. The number of piperidine rings is 1. The summed E-state index contributed by atoms with van der Waals surface area (Å²) in [5, 5.41) is 0. The molecule has 0 amide bonds. The molecule has 2 atom stereocenters. The van der Waals surface area contributed by atoms with Gasteiger partial charge in [-0.05, 0) is 55.7 Å². The lowest BCUT2D eigenvalue weighted by Gasteiger charge is -2.38. The van der Waals surface area contributed by atoms with Crippen LogP contribution in [0.15, 0.2) is 54.6 Å². The maximum Gasteiger partial charge on any atom is 0.121 e. The van der Waals surface area contributed by atoms with Crippen molar-refractivity contribution in [2.45, 2.75) is 50.7 Å². The number of fused-ring (bicyclic) bond motifs is 3. The van der Waals surface area contributed by atoms with Crippen LogP contribution < -0.4 is 0 Å². The van der Waals surface area contributed by atoms with E-state index in [0.29, 0.717) is 0 Å². The van der Waals surface area contributed by atoms with Crippen LogP contribution in [0.25, 0.3) is 11.0 Å². The van der Waals surface area contributed by atoms with Gasteiger partial charge in [0.15, 0.2) is 0 Å². The normalized spacial score (nSPS) is 26.3. The maximum atomic E-state index is 4.79. The topological polar surface area (TPSA) is 31.9 Å². The summed E-state index contributed by atoms with van der Waals surface area (Å²) in [7, 11) is 0. The van der Waals surface area contributed by atoms with E-state index >= 15 is 0 Å². The molecule has 2 aliphatic rings. The average molecular weight is 331 g/mol. The van der Waals surface area contributed by atoms with Crippen LogP contribution in [0.1, 0.15) is 37.1 Å². The quantitative estimate of drug-likeness (QED) is 0.760. The number of aromatic nitrogens is 2. The number of hydrogen-bond donors (Lipinski definition) is 1. The molecular formula is C22H25N3. The minimum absolute atomic E-state index is 0.737. The number of aromatic amines is 1. The van der Waals surface area contributed by atoms with Crippen LogP contribution in [-0.2, 0) is 13.0 Å². The standard InChI is InChI=1S/C22H25N3/c1-2-6-16(7-3-1)12-17-13-18-10-11-19(14-17)25(18)15-22-23-20-8-4-5-9-21(20)24-22/h1-9,17-19H,10-15H2,(H,23,24). The van der Waals surface area contributed by atoms with Crippen LogP contribution in [0.3, 0.4) is 0 Å². The van der Waals surface area contributed by atoms with Gasteiger partial charge in [0.05, 0.1) is 17.6 Å². The molecule has 2 unspecified atom stereocenters. The van der Waals surface area contributed by atoms with Gasteiger partial charge in [0, 0.05) is 12.1 Å². The first kappa shape index (κ1) is 15.2. The molecule has 3 heteroatoms.